The lowest BCUT2D eigenvalue weighted by atomic mass is 9.91. The minimum atomic E-state index is -0.391. The summed E-state index contributed by atoms with van der Waals surface area (Å²) in [4.78, 5) is 10.2. The van der Waals surface area contributed by atoms with Crippen molar-refractivity contribution in [2.45, 2.75) is 31.7 Å². The summed E-state index contributed by atoms with van der Waals surface area (Å²) in [6.45, 7) is 1.87. The minimum Gasteiger partial charge on any atom is -0.150 e. The molecule has 0 spiro atoms. The van der Waals surface area contributed by atoms with Crippen LogP contribution in [0.1, 0.15) is 26.2 Å². The van der Waals surface area contributed by atoms with Crippen molar-refractivity contribution in [3.63, 3.8) is 0 Å². The van der Waals surface area contributed by atoms with Gasteiger partial charge in [0, 0.05) is 0 Å². The number of rotatable bonds is 1. The molecule has 0 saturated carbocycles. The molecule has 0 fully saturated rings. The lowest BCUT2D eigenvalue weighted by Crippen LogP contribution is -2.19. The number of allylic oxidation sites excluding steroid dienone is 1. The van der Waals surface area contributed by atoms with E-state index in [1.807, 2.05) is 19.1 Å². The van der Waals surface area contributed by atoms with E-state index in [1.165, 1.54) is 0 Å². The van der Waals surface area contributed by atoms with Crippen LogP contribution in [0.2, 0.25) is 0 Å². The van der Waals surface area contributed by atoms with E-state index in [9.17, 15) is 4.91 Å². The maximum atomic E-state index is 10.2. The molecule has 50 valence electrons. The molecule has 0 radical (unpaired) electrons. The van der Waals surface area contributed by atoms with E-state index < -0.39 is 5.54 Å². The van der Waals surface area contributed by atoms with Gasteiger partial charge in [-0.3, -0.25) is 0 Å². The Balaban J connectivity index is 2.67. The van der Waals surface area contributed by atoms with Gasteiger partial charge < -0.3 is 0 Å². The smallest absolute Gasteiger partial charge is 0.118 e. The predicted octanol–water partition coefficient (Wildman–Crippen LogP) is 2.25. The van der Waals surface area contributed by atoms with Crippen molar-refractivity contribution in [2.24, 2.45) is 5.18 Å². The Morgan fingerprint density at radius 3 is 2.78 bits per heavy atom. The molecule has 0 N–H and O–H groups in total. The zero-order chi connectivity index (χ0) is 6.74. The minimum absolute atomic E-state index is 0.391. The fourth-order valence-corrected chi connectivity index (χ4v) is 1.07. The van der Waals surface area contributed by atoms with Crippen molar-refractivity contribution in [1.29, 1.82) is 0 Å². The van der Waals surface area contributed by atoms with Crippen LogP contribution in [0.4, 0.5) is 0 Å². The molecular formula is C7H11NO. The number of nitrogens with zero attached hydrogens (tertiary/aromatic N) is 1. The number of hydrogen-bond donors (Lipinski definition) is 0. The van der Waals surface area contributed by atoms with Gasteiger partial charge in [-0.15, -0.1) is 4.91 Å². The van der Waals surface area contributed by atoms with Gasteiger partial charge in [0.25, 0.3) is 0 Å². The molecule has 0 bridgehead atoms. The van der Waals surface area contributed by atoms with Crippen LogP contribution >= 0.6 is 0 Å². The quantitative estimate of drug-likeness (QED) is 0.390. The highest BCUT2D eigenvalue weighted by molar-refractivity contribution is 5.07. The van der Waals surface area contributed by atoms with Gasteiger partial charge in [0.05, 0.1) is 0 Å². The van der Waals surface area contributed by atoms with E-state index in [2.05, 4.69) is 5.18 Å². The molecule has 1 aliphatic rings. The van der Waals surface area contributed by atoms with Crippen molar-refractivity contribution in [3.8, 4) is 0 Å². The van der Waals surface area contributed by atoms with Crippen LogP contribution in [0.25, 0.3) is 0 Å². The summed E-state index contributed by atoms with van der Waals surface area (Å²) in [5.74, 6) is 0. The summed E-state index contributed by atoms with van der Waals surface area (Å²) < 4.78 is 0. The fourth-order valence-electron chi connectivity index (χ4n) is 1.07. The normalized spacial score (nSPS) is 34.3. The van der Waals surface area contributed by atoms with Crippen LogP contribution in [-0.2, 0) is 0 Å². The first-order chi connectivity index (χ1) is 4.27. The summed E-state index contributed by atoms with van der Waals surface area (Å²) in [6.07, 6.45) is 7.05. The molecule has 1 aliphatic carbocycles. The lowest BCUT2D eigenvalue weighted by Gasteiger charge is -2.19. The zero-order valence-corrected chi connectivity index (χ0v) is 5.63. The average molecular weight is 125 g/mol. The Morgan fingerprint density at radius 2 is 2.44 bits per heavy atom. The Bertz CT molecular complexity index is 142. The molecule has 1 rings (SSSR count). The molecule has 2 nitrogen and oxygen atoms in total. The number of hydrogen-bond acceptors (Lipinski definition) is 2. The Hall–Kier alpha value is -0.660. The van der Waals surface area contributed by atoms with Gasteiger partial charge in [-0.05, 0) is 26.2 Å². The van der Waals surface area contributed by atoms with Gasteiger partial charge in [0.1, 0.15) is 5.54 Å². The first kappa shape index (κ1) is 6.46. The highest BCUT2D eigenvalue weighted by Gasteiger charge is 2.22. The average Bonchev–Trinajstić information content (AvgIpc) is 1.90. The monoisotopic (exact) mass is 125 g/mol. The van der Waals surface area contributed by atoms with E-state index in [-0.39, 0.29) is 0 Å². The van der Waals surface area contributed by atoms with E-state index >= 15 is 0 Å². The first-order valence-electron chi connectivity index (χ1n) is 3.29. The molecule has 9 heavy (non-hydrogen) atoms. The molecule has 0 aromatic heterocycles. The van der Waals surface area contributed by atoms with Crippen LogP contribution in [0.15, 0.2) is 17.3 Å². The molecule has 0 aliphatic heterocycles. The second kappa shape index (κ2) is 2.29. The van der Waals surface area contributed by atoms with E-state index in [4.69, 9.17) is 0 Å². The summed E-state index contributed by atoms with van der Waals surface area (Å²) in [7, 11) is 0. The van der Waals surface area contributed by atoms with Gasteiger partial charge in [0.2, 0.25) is 0 Å². The summed E-state index contributed by atoms with van der Waals surface area (Å²) >= 11 is 0. The van der Waals surface area contributed by atoms with Gasteiger partial charge in [-0.25, -0.2) is 0 Å². The molecule has 1 unspecified atom stereocenters. The van der Waals surface area contributed by atoms with Crippen LogP contribution in [0.3, 0.4) is 0 Å². The van der Waals surface area contributed by atoms with E-state index in [1.54, 1.807) is 0 Å². The van der Waals surface area contributed by atoms with Crippen molar-refractivity contribution < 1.29 is 0 Å². The lowest BCUT2D eigenvalue weighted by molar-refractivity contribution is 0.492. The highest BCUT2D eigenvalue weighted by Crippen LogP contribution is 2.24. The third-order valence-electron chi connectivity index (χ3n) is 1.74. The summed E-state index contributed by atoms with van der Waals surface area (Å²) in [5, 5.41) is 3.04. The van der Waals surface area contributed by atoms with Crippen LogP contribution in [-0.4, -0.2) is 5.54 Å². The first-order valence-corrected chi connectivity index (χ1v) is 3.29. The third kappa shape index (κ3) is 1.37. The maximum absolute atomic E-state index is 10.2. The molecule has 0 aromatic carbocycles. The molecule has 1 atom stereocenters. The van der Waals surface area contributed by atoms with Crippen molar-refractivity contribution in [1.82, 2.24) is 0 Å². The fraction of sp³-hybridized carbons (Fsp3) is 0.714. The molecule has 0 heterocycles. The van der Waals surface area contributed by atoms with E-state index in [0.29, 0.717) is 0 Å². The summed E-state index contributed by atoms with van der Waals surface area (Å²) in [6, 6.07) is 0. The SMILES string of the molecule is CC1(N=O)C=CCCC1. The second-order valence-electron chi connectivity index (χ2n) is 2.74. The van der Waals surface area contributed by atoms with E-state index in [0.717, 1.165) is 19.3 Å². The molecule has 0 saturated heterocycles. The molecular weight excluding hydrogens is 114 g/mol. The van der Waals surface area contributed by atoms with Gasteiger partial charge >= 0.3 is 0 Å². The van der Waals surface area contributed by atoms with Gasteiger partial charge in [-0.1, -0.05) is 17.3 Å². The Labute approximate surface area is 54.9 Å². The summed E-state index contributed by atoms with van der Waals surface area (Å²) in [5.41, 5.74) is -0.391. The predicted molar refractivity (Wildman–Crippen MR) is 37.2 cm³/mol. The van der Waals surface area contributed by atoms with Crippen molar-refractivity contribution in [2.75, 3.05) is 0 Å². The van der Waals surface area contributed by atoms with Crippen LogP contribution in [0.5, 0.6) is 0 Å². The third-order valence-corrected chi connectivity index (χ3v) is 1.74. The Morgan fingerprint density at radius 1 is 1.67 bits per heavy atom. The second-order valence-corrected chi connectivity index (χ2v) is 2.74. The van der Waals surface area contributed by atoms with Crippen molar-refractivity contribution >= 4 is 0 Å². The highest BCUT2D eigenvalue weighted by atomic mass is 16.3. The largest absolute Gasteiger partial charge is 0.150 e. The Kier molecular flexibility index (Phi) is 1.65. The van der Waals surface area contributed by atoms with Gasteiger partial charge in [0.15, 0.2) is 0 Å². The molecule has 2 heteroatoms. The van der Waals surface area contributed by atoms with Crippen LogP contribution < -0.4 is 0 Å². The maximum Gasteiger partial charge on any atom is 0.118 e. The van der Waals surface area contributed by atoms with Crippen molar-refractivity contribution in [3.05, 3.63) is 17.1 Å². The topological polar surface area (TPSA) is 29.4 Å². The van der Waals surface area contributed by atoms with Crippen LogP contribution in [0, 0.1) is 4.91 Å². The number of nitroso groups, excluding NO2 is 1. The molecule has 0 aromatic rings. The zero-order valence-electron chi connectivity index (χ0n) is 5.63. The van der Waals surface area contributed by atoms with Gasteiger partial charge in [-0.2, -0.15) is 0 Å². The molecule has 0 amide bonds. The standard InChI is InChI=1S/C7H11NO/c1-7(8-9)5-3-2-4-6-7/h3,5H,2,4,6H2,1H3.